The Morgan fingerprint density at radius 3 is 2.79 bits per heavy atom. The van der Waals surface area contributed by atoms with Crippen LogP contribution >= 0.6 is 0 Å². The Bertz CT molecular complexity index is 444. The van der Waals surface area contributed by atoms with Crippen LogP contribution in [0.15, 0.2) is 24.3 Å². The first-order chi connectivity index (χ1) is 9.13. The number of benzene rings is 1. The average molecular weight is 260 g/mol. The minimum atomic E-state index is 0.101. The molecular formula is C16H24N2O. The maximum atomic E-state index is 12.6. The van der Waals surface area contributed by atoms with Crippen LogP contribution in [-0.2, 0) is 4.79 Å². The van der Waals surface area contributed by atoms with Crippen LogP contribution in [0.1, 0.15) is 31.2 Å². The average Bonchev–Trinajstić information content (AvgIpc) is 2.45. The van der Waals surface area contributed by atoms with Crippen LogP contribution in [0.3, 0.4) is 0 Å². The molecule has 0 radical (unpaired) electrons. The Morgan fingerprint density at radius 1 is 1.37 bits per heavy atom. The van der Waals surface area contributed by atoms with Gasteiger partial charge in [0, 0.05) is 18.7 Å². The Hall–Kier alpha value is -1.35. The Morgan fingerprint density at radius 2 is 2.11 bits per heavy atom. The number of aryl methyl sites for hydroxylation is 1. The maximum absolute atomic E-state index is 12.6. The first kappa shape index (κ1) is 14.1. The van der Waals surface area contributed by atoms with Gasteiger partial charge in [0.15, 0.2) is 0 Å². The summed E-state index contributed by atoms with van der Waals surface area (Å²) in [5, 5.41) is 0. The number of nitrogens with two attached hydrogens (primary N) is 1. The van der Waals surface area contributed by atoms with E-state index in [4.69, 9.17) is 5.73 Å². The molecule has 2 N–H and O–H groups in total. The highest BCUT2D eigenvalue weighted by molar-refractivity contribution is 5.94. The molecule has 1 aliphatic carbocycles. The number of carbonyl (C=O) groups is 1. The molecule has 0 saturated heterocycles. The summed E-state index contributed by atoms with van der Waals surface area (Å²) in [5.74, 6) is 0.679. The zero-order valence-corrected chi connectivity index (χ0v) is 11.9. The zero-order valence-electron chi connectivity index (χ0n) is 11.9. The number of rotatable bonds is 3. The predicted octanol–water partition coefficient (Wildman–Crippen LogP) is 2.72. The lowest BCUT2D eigenvalue weighted by Gasteiger charge is -2.32. The highest BCUT2D eigenvalue weighted by Gasteiger charge is 2.32. The monoisotopic (exact) mass is 260 g/mol. The molecule has 3 nitrogen and oxygen atoms in total. The van der Waals surface area contributed by atoms with E-state index in [-0.39, 0.29) is 11.8 Å². The van der Waals surface area contributed by atoms with E-state index in [1.807, 2.05) is 32.2 Å². The van der Waals surface area contributed by atoms with Crippen molar-refractivity contribution in [3.63, 3.8) is 0 Å². The lowest BCUT2D eigenvalue weighted by molar-refractivity contribution is -0.124. The highest BCUT2D eigenvalue weighted by atomic mass is 16.2. The molecule has 1 aromatic rings. The van der Waals surface area contributed by atoms with Gasteiger partial charge in [-0.25, -0.2) is 0 Å². The first-order valence-electron chi connectivity index (χ1n) is 7.17. The van der Waals surface area contributed by atoms with E-state index in [2.05, 4.69) is 6.07 Å². The molecule has 3 heteroatoms. The van der Waals surface area contributed by atoms with E-state index in [1.54, 1.807) is 4.90 Å². The van der Waals surface area contributed by atoms with Crippen molar-refractivity contribution in [3.05, 3.63) is 29.8 Å². The summed E-state index contributed by atoms with van der Waals surface area (Å²) < 4.78 is 0. The second-order valence-electron chi connectivity index (χ2n) is 5.62. The molecule has 104 valence electrons. The lowest BCUT2D eigenvalue weighted by atomic mass is 9.78. The topological polar surface area (TPSA) is 46.3 Å². The van der Waals surface area contributed by atoms with Crippen molar-refractivity contribution in [1.82, 2.24) is 0 Å². The molecule has 1 amide bonds. The molecule has 0 heterocycles. The fourth-order valence-electron chi connectivity index (χ4n) is 3.03. The number of amides is 1. The minimum Gasteiger partial charge on any atom is -0.330 e. The SMILES string of the molecule is Cc1cccc(N(C)C(=O)C2CCCCC2CN)c1. The van der Waals surface area contributed by atoms with Crippen molar-refractivity contribution >= 4 is 11.6 Å². The third-order valence-corrected chi connectivity index (χ3v) is 4.25. The number of hydrogen-bond acceptors (Lipinski definition) is 2. The fourth-order valence-corrected chi connectivity index (χ4v) is 3.03. The second kappa shape index (κ2) is 6.20. The summed E-state index contributed by atoms with van der Waals surface area (Å²) in [6, 6.07) is 8.09. The molecule has 19 heavy (non-hydrogen) atoms. The summed E-state index contributed by atoms with van der Waals surface area (Å²) in [6.07, 6.45) is 4.43. The number of nitrogens with zero attached hydrogens (tertiary/aromatic N) is 1. The molecule has 1 fully saturated rings. The number of carbonyl (C=O) groups excluding carboxylic acids is 1. The third kappa shape index (κ3) is 3.16. The zero-order chi connectivity index (χ0) is 13.8. The van der Waals surface area contributed by atoms with Crippen LogP contribution < -0.4 is 10.6 Å². The van der Waals surface area contributed by atoms with Gasteiger partial charge >= 0.3 is 0 Å². The molecule has 2 atom stereocenters. The number of hydrogen-bond donors (Lipinski definition) is 1. The van der Waals surface area contributed by atoms with Gasteiger partial charge in [0.1, 0.15) is 0 Å². The largest absolute Gasteiger partial charge is 0.330 e. The third-order valence-electron chi connectivity index (χ3n) is 4.25. The summed E-state index contributed by atoms with van der Waals surface area (Å²) in [7, 11) is 1.87. The molecule has 0 spiro atoms. The van der Waals surface area contributed by atoms with Crippen molar-refractivity contribution in [3.8, 4) is 0 Å². The summed E-state index contributed by atoms with van der Waals surface area (Å²) in [4.78, 5) is 14.4. The van der Waals surface area contributed by atoms with Crippen molar-refractivity contribution in [2.45, 2.75) is 32.6 Å². The first-order valence-corrected chi connectivity index (χ1v) is 7.17. The van der Waals surface area contributed by atoms with Crippen LogP contribution in [0.2, 0.25) is 0 Å². The maximum Gasteiger partial charge on any atom is 0.230 e. The molecular weight excluding hydrogens is 236 g/mol. The fraction of sp³-hybridized carbons (Fsp3) is 0.562. The van der Waals surface area contributed by atoms with Crippen molar-refractivity contribution < 1.29 is 4.79 Å². The van der Waals surface area contributed by atoms with Crippen molar-refractivity contribution in [1.29, 1.82) is 0 Å². The van der Waals surface area contributed by atoms with E-state index in [1.165, 1.54) is 12.0 Å². The summed E-state index contributed by atoms with van der Waals surface area (Å²) in [5.41, 5.74) is 7.98. The predicted molar refractivity (Wildman–Crippen MR) is 79.1 cm³/mol. The van der Waals surface area contributed by atoms with Gasteiger partial charge in [-0.05, 0) is 49.9 Å². The smallest absolute Gasteiger partial charge is 0.230 e. The van der Waals surface area contributed by atoms with E-state index < -0.39 is 0 Å². The van der Waals surface area contributed by atoms with Crippen LogP contribution in [-0.4, -0.2) is 19.5 Å². The summed E-state index contributed by atoms with van der Waals surface area (Å²) >= 11 is 0. The van der Waals surface area contributed by atoms with Crippen molar-refractivity contribution in [2.75, 3.05) is 18.5 Å². The molecule has 0 bridgehead atoms. The lowest BCUT2D eigenvalue weighted by Crippen LogP contribution is -2.40. The van der Waals surface area contributed by atoms with Crippen LogP contribution in [0.5, 0.6) is 0 Å². The Labute approximate surface area is 115 Å². The van der Waals surface area contributed by atoms with Gasteiger partial charge in [-0.2, -0.15) is 0 Å². The molecule has 0 aliphatic heterocycles. The van der Waals surface area contributed by atoms with E-state index in [0.717, 1.165) is 24.9 Å². The normalized spacial score (nSPS) is 23.1. The number of anilines is 1. The summed E-state index contributed by atoms with van der Waals surface area (Å²) in [6.45, 7) is 2.67. The van der Waals surface area contributed by atoms with Gasteiger partial charge in [0.05, 0.1) is 0 Å². The highest BCUT2D eigenvalue weighted by Crippen LogP contribution is 2.31. The van der Waals surface area contributed by atoms with Gasteiger partial charge in [-0.1, -0.05) is 25.0 Å². The minimum absolute atomic E-state index is 0.101. The van der Waals surface area contributed by atoms with E-state index in [0.29, 0.717) is 12.5 Å². The molecule has 0 aromatic heterocycles. The second-order valence-corrected chi connectivity index (χ2v) is 5.62. The molecule has 1 aliphatic rings. The van der Waals surface area contributed by atoms with Gasteiger partial charge in [-0.3, -0.25) is 4.79 Å². The molecule has 1 aromatic carbocycles. The van der Waals surface area contributed by atoms with Crippen molar-refractivity contribution in [2.24, 2.45) is 17.6 Å². The van der Waals surface area contributed by atoms with Gasteiger partial charge in [0.25, 0.3) is 0 Å². The standard InChI is InChI=1S/C16H24N2O/c1-12-6-5-8-14(10-12)18(2)16(19)15-9-4-3-7-13(15)11-17/h5-6,8,10,13,15H,3-4,7,9,11,17H2,1-2H3. The molecule has 2 rings (SSSR count). The Kier molecular flexibility index (Phi) is 4.59. The van der Waals surface area contributed by atoms with Crippen LogP contribution in [0, 0.1) is 18.8 Å². The van der Waals surface area contributed by atoms with Gasteiger partial charge in [-0.15, -0.1) is 0 Å². The van der Waals surface area contributed by atoms with Gasteiger partial charge in [0.2, 0.25) is 5.91 Å². The Balaban J connectivity index is 2.13. The van der Waals surface area contributed by atoms with Crippen LogP contribution in [0.25, 0.3) is 0 Å². The van der Waals surface area contributed by atoms with Gasteiger partial charge < -0.3 is 10.6 Å². The van der Waals surface area contributed by atoms with E-state index in [9.17, 15) is 4.79 Å². The molecule has 2 unspecified atom stereocenters. The van der Waals surface area contributed by atoms with Crippen LogP contribution in [0.4, 0.5) is 5.69 Å². The molecule has 1 saturated carbocycles. The van der Waals surface area contributed by atoms with E-state index >= 15 is 0 Å². The quantitative estimate of drug-likeness (QED) is 0.908.